The predicted molar refractivity (Wildman–Crippen MR) is 89.7 cm³/mol. The second-order valence-electron chi connectivity index (χ2n) is 6.14. The maximum atomic E-state index is 3.58. The van der Waals surface area contributed by atoms with Crippen molar-refractivity contribution in [1.29, 1.82) is 0 Å². The maximum absolute atomic E-state index is 3.58. The third-order valence-electron chi connectivity index (χ3n) is 4.17. The zero-order chi connectivity index (χ0) is 14.7. The molecule has 1 fully saturated rings. The third-order valence-corrected chi connectivity index (χ3v) is 4.17. The molecule has 0 bridgehead atoms. The van der Waals surface area contributed by atoms with Gasteiger partial charge in [0.05, 0.1) is 0 Å². The Labute approximate surface area is 127 Å². The molecule has 1 aliphatic rings. The molecule has 1 aliphatic carbocycles. The second-order valence-corrected chi connectivity index (χ2v) is 6.14. The first kappa shape index (κ1) is 14.2. The van der Waals surface area contributed by atoms with E-state index in [1.54, 1.807) is 5.56 Å². The van der Waals surface area contributed by atoms with Gasteiger partial charge in [-0.05, 0) is 47.6 Å². The molecule has 2 nitrogen and oxygen atoms in total. The van der Waals surface area contributed by atoms with Gasteiger partial charge in [-0.1, -0.05) is 36.4 Å². The molecule has 21 heavy (non-hydrogen) atoms. The average Bonchev–Trinajstić information content (AvgIpc) is 3.33. The first-order chi connectivity index (χ1) is 10.2. The van der Waals surface area contributed by atoms with E-state index in [1.165, 1.54) is 29.7 Å². The highest BCUT2D eigenvalue weighted by atomic mass is 15.1. The van der Waals surface area contributed by atoms with Gasteiger partial charge in [-0.3, -0.25) is 0 Å². The van der Waals surface area contributed by atoms with Crippen molar-refractivity contribution in [3.63, 3.8) is 0 Å². The second kappa shape index (κ2) is 6.31. The van der Waals surface area contributed by atoms with Crippen LogP contribution in [-0.4, -0.2) is 14.1 Å². The molecule has 1 saturated carbocycles. The molecule has 0 radical (unpaired) electrons. The number of nitrogens with zero attached hydrogens (tertiary/aromatic N) is 1. The zero-order valence-electron chi connectivity index (χ0n) is 13.0. The first-order valence-electron chi connectivity index (χ1n) is 7.79. The van der Waals surface area contributed by atoms with Gasteiger partial charge < -0.3 is 10.2 Å². The highest BCUT2D eigenvalue weighted by Crippen LogP contribution is 2.41. The molecule has 110 valence electrons. The average molecular weight is 280 g/mol. The third kappa shape index (κ3) is 3.64. The van der Waals surface area contributed by atoms with Crippen LogP contribution in [0.4, 0.5) is 5.69 Å². The van der Waals surface area contributed by atoms with Crippen LogP contribution in [0.2, 0.25) is 0 Å². The summed E-state index contributed by atoms with van der Waals surface area (Å²) in [4.78, 5) is 2.13. The molecule has 2 aromatic carbocycles. The number of benzene rings is 2. The highest BCUT2D eigenvalue weighted by molar-refractivity contribution is 5.46. The lowest BCUT2D eigenvalue weighted by Crippen LogP contribution is -2.14. The van der Waals surface area contributed by atoms with Crippen molar-refractivity contribution in [2.75, 3.05) is 19.0 Å². The summed E-state index contributed by atoms with van der Waals surface area (Å²) < 4.78 is 0. The standard InChI is InChI=1S/C19H24N2/c1-21(2)18-11-7-15(8-12-18)13-20-14-17-5-3-4-6-19(17)16-9-10-16/h3-8,11-12,16,20H,9-10,13-14H2,1-2H3. The summed E-state index contributed by atoms with van der Waals surface area (Å²) in [6.45, 7) is 1.88. The minimum Gasteiger partial charge on any atom is -0.378 e. The van der Waals surface area contributed by atoms with Crippen molar-refractivity contribution >= 4 is 5.69 Å². The van der Waals surface area contributed by atoms with E-state index in [1.807, 2.05) is 0 Å². The normalized spacial score (nSPS) is 14.2. The zero-order valence-corrected chi connectivity index (χ0v) is 13.0. The fourth-order valence-electron chi connectivity index (χ4n) is 2.74. The van der Waals surface area contributed by atoms with Crippen LogP contribution >= 0.6 is 0 Å². The number of nitrogens with one attached hydrogen (secondary N) is 1. The molecular formula is C19H24N2. The summed E-state index contributed by atoms with van der Waals surface area (Å²) in [6, 6.07) is 17.6. The molecule has 0 aliphatic heterocycles. The molecule has 0 aromatic heterocycles. The smallest absolute Gasteiger partial charge is 0.0361 e. The summed E-state index contributed by atoms with van der Waals surface area (Å²) >= 11 is 0. The van der Waals surface area contributed by atoms with Crippen molar-refractivity contribution in [2.24, 2.45) is 0 Å². The van der Waals surface area contributed by atoms with E-state index in [4.69, 9.17) is 0 Å². The Hall–Kier alpha value is -1.80. The Balaban J connectivity index is 1.56. The lowest BCUT2D eigenvalue weighted by Gasteiger charge is -2.13. The summed E-state index contributed by atoms with van der Waals surface area (Å²) in [5.41, 5.74) is 5.60. The van der Waals surface area contributed by atoms with E-state index in [2.05, 4.69) is 72.8 Å². The minimum absolute atomic E-state index is 0.822. The van der Waals surface area contributed by atoms with Crippen LogP contribution in [-0.2, 0) is 13.1 Å². The lowest BCUT2D eigenvalue weighted by molar-refractivity contribution is 0.688. The molecule has 0 heterocycles. The molecule has 1 N–H and O–H groups in total. The number of anilines is 1. The van der Waals surface area contributed by atoms with Crippen molar-refractivity contribution < 1.29 is 0 Å². The van der Waals surface area contributed by atoms with Crippen LogP contribution in [0.25, 0.3) is 0 Å². The van der Waals surface area contributed by atoms with Crippen LogP contribution in [0.3, 0.4) is 0 Å². The van der Waals surface area contributed by atoms with Crippen molar-refractivity contribution in [2.45, 2.75) is 31.8 Å². The quantitative estimate of drug-likeness (QED) is 0.862. The van der Waals surface area contributed by atoms with E-state index in [0.717, 1.165) is 19.0 Å². The maximum Gasteiger partial charge on any atom is 0.0361 e. The van der Waals surface area contributed by atoms with Crippen LogP contribution in [0.15, 0.2) is 48.5 Å². The molecule has 0 saturated heterocycles. The molecule has 0 amide bonds. The Morgan fingerprint density at radius 1 is 0.952 bits per heavy atom. The monoisotopic (exact) mass is 280 g/mol. The molecule has 2 heteroatoms. The Kier molecular flexibility index (Phi) is 4.26. The van der Waals surface area contributed by atoms with Gasteiger partial charge in [-0.25, -0.2) is 0 Å². The van der Waals surface area contributed by atoms with Gasteiger partial charge in [0.15, 0.2) is 0 Å². The van der Waals surface area contributed by atoms with Crippen molar-refractivity contribution in [3.05, 3.63) is 65.2 Å². The Morgan fingerprint density at radius 2 is 1.67 bits per heavy atom. The van der Waals surface area contributed by atoms with Gasteiger partial charge in [-0.15, -0.1) is 0 Å². The van der Waals surface area contributed by atoms with Crippen LogP contribution in [0, 0.1) is 0 Å². The Bertz CT molecular complexity index is 583. The molecule has 0 unspecified atom stereocenters. The number of hydrogen-bond acceptors (Lipinski definition) is 2. The predicted octanol–water partition coefficient (Wildman–Crippen LogP) is 3.92. The molecule has 0 spiro atoms. The summed E-state index contributed by atoms with van der Waals surface area (Å²) in [5.74, 6) is 0.822. The van der Waals surface area contributed by atoms with Crippen molar-refractivity contribution in [1.82, 2.24) is 5.32 Å². The Morgan fingerprint density at radius 3 is 2.33 bits per heavy atom. The van der Waals surface area contributed by atoms with Gasteiger partial charge in [0, 0.05) is 32.9 Å². The minimum atomic E-state index is 0.822. The first-order valence-corrected chi connectivity index (χ1v) is 7.79. The van der Waals surface area contributed by atoms with Gasteiger partial charge in [0.1, 0.15) is 0 Å². The summed E-state index contributed by atoms with van der Waals surface area (Å²) in [6.07, 6.45) is 2.73. The van der Waals surface area contributed by atoms with Crippen LogP contribution in [0.1, 0.15) is 35.4 Å². The van der Waals surface area contributed by atoms with E-state index in [0.29, 0.717) is 0 Å². The van der Waals surface area contributed by atoms with Gasteiger partial charge >= 0.3 is 0 Å². The van der Waals surface area contributed by atoms with Crippen molar-refractivity contribution in [3.8, 4) is 0 Å². The fourth-order valence-corrected chi connectivity index (χ4v) is 2.74. The van der Waals surface area contributed by atoms with Crippen LogP contribution in [0.5, 0.6) is 0 Å². The summed E-state index contributed by atoms with van der Waals surface area (Å²) in [7, 11) is 4.14. The van der Waals surface area contributed by atoms with E-state index in [-0.39, 0.29) is 0 Å². The highest BCUT2D eigenvalue weighted by Gasteiger charge is 2.25. The van der Waals surface area contributed by atoms with E-state index in [9.17, 15) is 0 Å². The number of rotatable bonds is 6. The van der Waals surface area contributed by atoms with E-state index < -0.39 is 0 Å². The lowest BCUT2D eigenvalue weighted by atomic mass is 10.0. The molecule has 0 atom stereocenters. The molecule has 3 rings (SSSR count). The summed E-state index contributed by atoms with van der Waals surface area (Å²) in [5, 5.41) is 3.58. The van der Waals surface area contributed by atoms with Gasteiger partial charge in [0.25, 0.3) is 0 Å². The SMILES string of the molecule is CN(C)c1ccc(CNCc2ccccc2C2CC2)cc1. The topological polar surface area (TPSA) is 15.3 Å². The molecule has 2 aromatic rings. The van der Waals surface area contributed by atoms with Gasteiger partial charge in [-0.2, -0.15) is 0 Å². The fraction of sp³-hybridized carbons (Fsp3) is 0.368. The van der Waals surface area contributed by atoms with Gasteiger partial charge in [0.2, 0.25) is 0 Å². The number of hydrogen-bond donors (Lipinski definition) is 1. The van der Waals surface area contributed by atoms with E-state index >= 15 is 0 Å². The van der Waals surface area contributed by atoms with Crippen LogP contribution < -0.4 is 10.2 Å². The largest absolute Gasteiger partial charge is 0.378 e. The molecular weight excluding hydrogens is 256 g/mol.